The van der Waals surface area contributed by atoms with Crippen molar-refractivity contribution < 1.29 is 32.9 Å². The quantitative estimate of drug-likeness (QED) is 0.160. The smallest absolute Gasteiger partial charge is 0.146 e. The maximum Gasteiger partial charge on any atom is 0.146 e. The third-order valence-corrected chi connectivity index (χ3v) is 5.29. The molecule has 0 heterocycles. The van der Waals surface area contributed by atoms with Gasteiger partial charge in [0.15, 0.2) is 0 Å². The lowest BCUT2D eigenvalue weighted by Gasteiger charge is -1.99. The van der Waals surface area contributed by atoms with Crippen molar-refractivity contribution in [3.63, 3.8) is 0 Å². The lowest BCUT2D eigenvalue weighted by atomic mass is 10.1. The van der Waals surface area contributed by atoms with Crippen LogP contribution < -0.4 is 17.2 Å². The van der Waals surface area contributed by atoms with Crippen LogP contribution in [-0.2, 0) is 28.8 Å². The number of Topliss-reactive ketones (excluding diaryl/α,β-unsaturated/α-hetero) is 6. The summed E-state index contributed by atoms with van der Waals surface area (Å²) in [6.07, 6.45) is 9.69. The molecule has 0 spiro atoms. The molecule has 0 aromatic carbocycles. The molecule has 0 aromatic rings. The molecule has 0 saturated carbocycles. The number of ketones is 6. The van der Waals surface area contributed by atoms with Gasteiger partial charge in [-0.05, 0) is 25.8 Å². The summed E-state index contributed by atoms with van der Waals surface area (Å²) in [5.74, 6) is 0.295. The van der Waals surface area contributed by atoms with Crippen LogP contribution in [0.25, 0.3) is 0 Å². The van der Waals surface area contributed by atoms with Gasteiger partial charge in [-0.2, -0.15) is 0 Å². The normalized spacial score (nSPS) is 11.0. The van der Waals surface area contributed by atoms with Crippen molar-refractivity contribution in [2.45, 2.75) is 130 Å². The standard InChI is InChI=1S/C11H21NO2.C10H19NO2.C8H15NO2/c1-2-3-4-5-6-10(13)7-8-11(14)9-12;1-2-3-4-9(12)5-6-10(13)7-8-11;1-2-3-7(10)4-5-8(11)6-9/h2-9,12H2,1H3;2-8,11H2,1H3;2-6,9H2,1H3/i3*1D. The van der Waals surface area contributed by atoms with E-state index >= 15 is 0 Å². The molecule has 9 heteroatoms. The second-order valence-electron chi connectivity index (χ2n) is 8.90. The molecule has 38 heavy (non-hydrogen) atoms. The minimum absolute atomic E-state index is 0.0196. The number of unbranched alkanes of at least 4 members (excludes halogenated alkanes) is 4. The van der Waals surface area contributed by atoms with Crippen molar-refractivity contribution in [1.29, 1.82) is 0 Å². The Hall–Kier alpha value is -2.10. The highest BCUT2D eigenvalue weighted by Crippen LogP contribution is 2.06. The fraction of sp³-hybridized carbons (Fsp3) is 0.793. The third kappa shape index (κ3) is 33.9. The van der Waals surface area contributed by atoms with Crippen molar-refractivity contribution in [2.75, 3.05) is 19.6 Å². The van der Waals surface area contributed by atoms with Gasteiger partial charge in [0.05, 0.1) is 13.1 Å². The van der Waals surface area contributed by atoms with Gasteiger partial charge in [0.1, 0.15) is 34.7 Å². The van der Waals surface area contributed by atoms with Crippen LogP contribution in [0.1, 0.15) is 134 Å². The Balaban J connectivity index is -0.000000532. The van der Waals surface area contributed by atoms with Crippen LogP contribution in [0.3, 0.4) is 0 Å². The molecule has 0 aliphatic heterocycles. The van der Waals surface area contributed by atoms with Crippen LogP contribution in [0.5, 0.6) is 0 Å². The van der Waals surface area contributed by atoms with Crippen molar-refractivity contribution in [2.24, 2.45) is 17.2 Å². The summed E-state index contributed by atoms with van der Waals surface area (Å²) in [5, 5.41) is 0. The summed E-state index contributed by atoms with van der Waals surface area (Å²) in [5.41, 5.74) is 15.4. The third-order valence-electron chi connectivity index (χ3n) is 5.29. The minimum atomic E-state index is -0.0748. The molecule has 9 nitrogen and oxygen atoms in total. The van der Waals surface area contributed by atoms with Crippen LogP contribution >= 0.6 is 0 Å². The Labute approximate surface area is 234 Å². The van der Waals surface area contributed by atoms with Gasteiger partial charge in [-0.15, -0.1) is 0 Å². The van der Waals surface area contributed by atoms with Gasteiger partial charge >= 0.3 is 0 Å². The molecule has 0 bridgehead atoms. The summed E-state index contributed by atoms with van der Waals surface area (Å²) in [6, 6.07) is 0. The van der Waals surface area contributed by atoms with Gasteiger partial charge in [0, 0.05) is 68.3 Å². The largest absolute Gasteiger partial charge is 0.330 e. The minimum Gasteiger partial charge on any atom is -0.330 e. The molecule has 0 saturated heterocycles. The lowest BCUT2D eigenvalue weighted by Crippen LogP contribution is -2.14. The Bertz CT molecular complexity index is 724. The van der Waals surface area contributed by atoms with E-state index in [1.807, 2.05) is 0 Å². The van der Waals surface area contributed by atoms with E-state index in [0.29, 0.717) is 78.1 Å². The van der Waals surface area contributed by atoms with Crippen LogP contribution in [0.15, 0.2) is 0 Å². The fourth-order valence-electron chi connectivity index (χ4n) is 2.90. The first-order chi connectivity index (χ1) is 19.6. The zero-order valence-corrected chi connectivity index (χ0v) is 23.4. The number of rotatable bonds is 23. The second kappa shape index (κ2) is 31.1. The monoisotopic (exact) mass is 544 g/mol. The van der Waals surface area contributed by atoms with E-state index in [1.54, 1.807) is 0 Å². The van der Waals surface area contributed by atoms with Gasteiger partial charge in [0.25, 0.3) is 0 Å². The zero-order chi connectivity index (χ0) is 31.7. The van der Waals surface area contributed by atoms with Crippen LogP contribution in [0.2, 0.25) is 0 Å². The van der Waals surface area contributed by atoms with Crippen LogP contribution in [0, 0.1) is 0 Å². The van der Waals surface area contributed by atoms with Gasteiger partial charge in [-0.1, -0.05) is 46.4 Å². The topological polar surface area (TPSA) is 180 Å². The molecule has 0 unspecified atom stereocenters. The Morgan fingerprint density at radius 2 is 0.816 bits per heavy atom. The average Bonchev–Trinajstić information content (AvgIpc) is 2.97. The highest BCUT2D eigenvalue weighted by atomic mass is 16.1. The molecule has 0 fully saturated rings. The molecule has 222 valence electrons. The summed E-state index contributed by atoms with van der Waals surface area (Å²) in [6.45, 7) is 1.54. The Morgan fingerprint density at radius 1 is 0.421 bits per heavy atom. The van der Waals surface area contributed by atoms with Crippen LogP contribution in [0.4, 0.5) is 0 Å². The van der Waals surface area contributed by atoms with Crippen molar-refractivity contribution in [3.05, 3.63) is 0 Å². The van der Waals surface area contributed by atoms with Gasteiger partial charge in [0.2, 0.25) is 0 Å². The number of hydrogen-bond donors (Lipinski definition) is 3. The molecule has 0 rings (SSSR count). The van der Waals surface area contributed by atoms with E-state index < -0.39 is 0 Å². The van der Waals surface area contributed by atoms with Gasteiger partial charge in [-0.25, -0.2) is 0 Å². The summed E-state index contributed by atoms with van der Waals surface area (Å²) >= 11 is 0. The molecule has 0 aromatic heterocycles. The molecule has 0 aliphatic carbocycles. The Kier molecular flexibility index (Phi) is 27.8. The molecule has 0 aliphatic rings. The van der Waals surface area contributed by atoms with Gasteiger partial charge < -0.3 is 17.2 Å². The first-order valence-corrected chi connectivity index (χ1v) is 13.7. The van der Waals surface area contributed by atoms with Gasteiger partial charge in [-0.3, -0.25) is 28.8 Å². The second-order valence-corrected chi connectivity index (χ2v) is 8.90. The first kappa shape index (κ1) is 33.9. The van der Waals surface area contributed by atoms with E-state index in [9.17, 15) is 28.8 Å². The first-order valence-electron chi connectivity index (χ1n) is 15.8. The molecule has 0 atom stereocenters. The van der Waals surface area contributed by atoms with E-state index in [1.165, 1.54) is 0 Å². The van der Waals surface area contributed by atoms with E-state index in [2.05, 4.69) is 0 Å². The number of hydrogen-bond acceptors (Lipinski definition) is 9. The van der Waals surface area contributed by atoms with E-state index in [0.717, 1.165) is 38.5 Å². The summed E-state index contributed by atoms with van der Waals surface area (Å²) in [7, 11) is 0. The highest BCUT2D eigenvalue weighted by Gasteiger charge is 2.06. The van der Waals surface area contributed by atoms with Crippen LogP contribution in [-0.4, -0.2) is 54.3 Å². The number of carbonyl (C=O) groups is 6. The molecular weight excluding hydrogens is 486 g/mol. The SMILES string of the molecule is [2H]CCCC(=O)CCC(=O)CN.[2H]CCCCC(=O)CCC(=O)CCN.[2H]CCCCCCC(=O)CCC(=O)CN. The summed E-state index contributed by atoms with van der Waals surface area (Å²) < 4.78 is 20.6. The molecule has 0 amide bonds. The fourth-order valence-corrected chi connectivity index (χ4v) is 2.90. The lowest BCUT2D eigenvalue weighted by molar-refractivity contribution is -0.124. The molecule has 0 radical (unpaired) electrons. The van der Waals surface area contributed by atoms with Crippen molar-refractivity contribution in [3.8, 4) is 0 Å². The van der Waals surface area contributed by atoms with Crippen molar-refractivity contribution in [1.82, 2.24) is 0 Å². The zero-order valence-electron chi connectivity index (χ0n) is 26.4. The summed E-state index contributed by atoms with van der Waals surface area (Å²) in [4.78, 5) is 65.9. The van der Waals surface area contributed by atoms with Crippen molar-refractivity contribution >= 4 is 34.7 Å². The predicted octanol–water partition coefficient (Wildman–Crippen LogP) is 3.94. The predicted molar refractivity (Wildman–Crippen MR) is 153 cm³/mol. The average molecular weight is 545 g/mol. The molecule has 6 N–H and O–H groups in total. The van der Waals surface area contributed by atoms with E-state index in [-0.39, 0.29) is 67.5 Å². The maximum atomic E-state index is 11.3. The maximum absolute atomic E-state index is 11.3. The Morgan fingerprint density at radius 3 is 1.26 bits per heavy atom. The van der Waals surface area contributed by atoms with E-state index in [4.69, 9.17) is 21.3 Å². The molecular formula is C29H55N3O6. The highest BCUT2D eigenvalue weighted by molar-refractivity contribution is 5.87. The number of nitrogens with two attached hydrogens (primary N) is 3. The number of carbonyl (C=O) groups excluding carboxylic acids is 6.